The molecule has 2 unspecified atom stereocenters. The van der Waals surface area contributed by atoms with Gasteiger partial charge in [0, 0.05) is 36.7 Å². The van der Waals surface area contributed by atoms with Crippen molar-refractivity contribution in [2.24, 2.45) is 17.4 Å². The molecule has 0 saturated carbocycles. The van der Waals surface area contributed by atoms with E-state index in [1.54, 1.807) is 31.5 Å². The Labute approximate surface area is 186 Å². The highest BCUT2D eigenvalue weighted by Crippen LogP contribution is 2.31. The van der Waals surface area contributed by atoms with Gasteiger partial charge in [0.25, 0.3) is 5.91 Å². The number of nitrogens with zero attached hydrogens (tertiary/aromatic N) is 1. The molecule has 0 aliphatic rings. The molecule has 0 spiro atoms. The highest BCUT2D eigenvalue weighted by Gasteiger charge is 2.18. The molecule has 0 bridgehead atoms. The van der Waals surface area contributed by atoms with Crippen molar-refractivity contribution in [1.29, 1.82) is 0 Å². The molecule has 1 amide bonds. The number of rotatable bonds is 11. The molecule has 32 heavy (non-hydrogen) atoms. The smallest absolute Gasteiger partial charge is 0.250 e. The van der Waals surface area contributed by atoms with Crippen molar-refractivity contribution in [2.45, 2.75) is 19.6 Å². The van der Waals surface area contributed by atoms with Crippen LogP contribution in [-0.2, 0) is 16.1 Å². The number of carbonyl (C=O) groups excluding carboxylic acids is 1. The number of amides is 1. The van der Waals surface area contributed by atoms with Gasteiger partial charge in [0.05, 0.1) is 42.6 Å². The van der Waals surface area contributed by atoms with Gasteiger partial charge in [-0.2, -0.15) is 0 Å². The predicted octanol–water partition coefficient (Wildman–Crippen LogP) is 3.38. The fourth-order valence-electron chi connectivity index (χ4n) is 3.62. The van der Waals surface area contributed by atoms with E-state index in [0.717, 1.165) is 11.3 Å². The van der Waals surface area contributed by atoms with Gasteiger partial charge >= 0.3 is 0 Å². The fraction of sp³-hybridized carbons (Fsp3) is 0.333. The number of anilines is 1. The average molecular weight is 441 g/mol. The first-order valence-corrected chi connectivity index (χ1v) is 10.4. The summed E-state index contributed by atoms with van der Waals surface area (Å²) in [5.41, 5.74) is 14.6. The monoisotopic (exact) mass is 440 g/mol. The number of para-hydroxylation sites is 1. The highest BCUT2D eigenvalue weighted by molar-refractivity contribution is 6.08. The molecule has 0 aliphatic carbocycles. The van der Waals surface area contributed by atoms with Crippen LogP contribution in [0.5, 0.6) is 0 Å². The summed E-state index contributed by atoms with van der Waals surface area (Å²) in [5, 5.41) is 4.14. The minimum atomic E-state index is -0.563. The van der Waals surface area contributed by atoms with E-state index in [0.29, 0.717) is 41.9 Å². The third kappa shape index (κ3) is 5.59. The lowest BCUT2D eigenvalue weighted by atomic mass is 10.0. The number of halogens is 1. The second-order valence-electron chi connectivity index (χ2n) is 7.79. The Kier molecular flexibility index (Phi) is 8.10. The number of primary amides is 1. The van der Waals surface area contributed by atoms with E-state index in [1.807, 2.05) is 19.1 Å². The Morgan fingerprint density at radius 1 is 1.22 bits per heavy atom. The number of methoxy groups -OCH3 is 1. The zero-order chi connectivity index (χ0) is 23.1. The molecule has 0 fully saturated rings. The second kappa shape index (κ2) is 11.0. The minimum Gasteiger partial charge on any atom is -0.384 e. The summed E-state index contributed by atoms with van der Waals surface area (Å²) in [6, 6.07) is 11.2. The van der Waals surface area contributed by atoms with Gasteiger partial charge in [0.1, 0.15) is 5.82 Å². The van der Waals surface area contributed by atoms with Gasteiger partial charge in [-0.3, -0.25) is 9.78 Å². The molecule has 170 valence electrons. The highest BCUT2D eigenvalue weighted by atomic mass is 19.1. The van der Waals surface area contributed by atoms with Crippen molar-refractivity contribution in [1.82, 2.24) is 4.98 Å². The van der Waals surface area contributed by atoms with Gasteiger partial charge < -0.3 is 26.3 Å². The number of nitrogens with one attached hydrogen (secondary N) is 1. The Bertz CT molecular complexity index is 1080. The van der Waals surface area contributed by atoms with E-state index in [-0.39, 0.29) is 24.3 Å². The first-order chi connectivity index (χ1) is 15.4. The average Bonchev–Trinajstić information content (AvgIpc) is 2.77. The standard InChI is InChI=1S/C24H29FN4O3/c1-15(12-31-2)13-32-14-17-11-28-23-19(7-4-8-20(23)24(27)30)22(17)29-21(10-26)16-5-3-6-18(25)9-16/h3-9,11,15,21H,10,12-14,26H2,1-2H3,(H2,27,30)(H,28,29). The Morgan fingerprint density at radius 2 is 2.00 bits per heavy atom. The maximum Gasteiger partial charge on any atom is 0.250 e. The third-order valence-corrected chi connectivity index (χ3v) is 5.16. The van der Waals surface area contributed by atoms with Gasteiger partial charge in [-0.1, -0.05) is 31.2 Å². The number of hydrogen-bond acceptors (Lipinski definition) is 6. The topological polar surface area (TPSA) is 112 Å². The lowest BCUT2D eigenvalue weighted by molar-refractivity contribution is 0.0563. The van der Waals surface area contributed by atoms with Gasteiger partial charge in [0.15, 0.2) is 0 Å². The molecule has 7 nitrogen and oxygen atoms in total. The predicted molar refractivity (Wildman–Crippen MR) is 123 cm³/mol. The molecule has 5 N–H and O–H groups in total. The number of nitrogens with two attached hydrogens (primary N) is 2. The summed E-state index contributed by atoms with van der Waals surface area (Å²) in [6.45, 7) is 3.66. The molecule has 1 aromatic heterocycles. The number of benzene rings is 2. The molecule has 3 rings (SSSR count). The number of carbonyl (C=O) groups is 1. The van der Waals surface area contributed by atoms with Crippen LogP contribution >= 0.6 is 0 Å². The fourth-order valence-corrected chi connectivity index (χ4v) is 3.62. The van der Waals surface area contributed by atoms with Gasteiger partial charge in [-0.15, -0.1) is 0 Å². The molecule has 8 heteroatoms. The lowest BCUT2D eigenvalue weighted by Gasteiger charge is -2.23. The van der Waals surface area contributed by atoms with Crippen LogP contribution in [0.4, 0.5) is 10.1 Å². The van der Waals surface area contributed by atoms with E-state index in [9.17, 15) is 9.18 Å². The van der Waals surface area contributed by atoms with E-state index < -0.39 is 5.91 Å². The number of pyridine rings is 1. The first-order valence-electron chi connectivity index (χ1n) is 10.4. The Balaban J connectivity index is 2.00. The van der Waals surface area contributed by atoms with Crippen LogP contribution in [0.25, 0.3) is 10.9 Å². The SMILES string of the molecule is COCC(C)COCc1cnc2c(C(N)=O)cccc2c1NC(CN)c1cccc(F)c1. The minimum absolute atomic E-state index is 0.230. The quantitative estimate of drug-likeness (QED) is 0.421. The first kappa shape index (κ1) is 23.6. The van der Waals surface area contributed by atoms with Crippen LogP contribution in [0.1, 0.15) is 34.5 Å². The van der Waals surface area contributed by atoms with Crippen LogP contribution in [0.15, 0.2) is 48.7 Å². The number of fused-ring (bicyclic) bond motifs is 1. The maximum atomic E-state index is 13.8. The number of hydrogen-bond donors (Lipinski definition) is 3. The largest absolute Gasteiger partial charge is 0.384 e. The van der Waals surface area contributed by atoms with E-state index >= 15 is 0 Å². The molecular weight excluding hydrogens is 411 g/mol. The van der Waals surface area contributed by atoms with E-state index in [1.165, 1.54) is 12.1 Å². The maximum absolute atomic E-state index is 13.8. The lowest BCUT2D eigenvalue weighted by Crippen LogP contribution is -2.22. The molecule has 3 aromatic rings. The molecule has 2 aromatic carbocycles. The molecule has 0 saturated heterocycles. The second-order valence-corrected chi connectivity index (χ2v) is 7.79. The van der Waals surface area contributed by atoms with Gasteiger partial charge in [-0.25, -0.2) is 4.39 Å². The van der Waals surface area contributed by atoms with Crippen molar-refractivity contribution < 1.29 is 18.7 Å². The number of aromatic nitrogens is 1. The summed E-state index contributed by atoms with van der Waals surface area (Å²) >= 11 is 0. The van der Waals surface area contributed by atoms with Crippen molar-refractivity contribution in [2.75, 3.05) is 32.2 Å². The van der Waals surface area contributed by atoms with Crippen molar-refractivity contribution in [3.8, 4) is 0 Å². The Hall–Kier alpha value is -3.07. The van der Waals surface area contributed by atoms with Crippen LogP contribution in [0, 0.1) is 11.7 Å². The van der Waals surface area contributed by atoms with Crippen molar-refractivity contribution >= 4 is 22.5 Å². The molecular formula is C24H29FN4O3. The summed E-state index contributed by atoms with van der Waals surface area (Å²) in [4.78, 5) is 16.4. The zero-order valence-corrected chi connectivity index (χ0v) is 18.3. The van der Waals surface area contributed by atoms with Crippen molar-refractivity contribution in [3.63, 3.8) is 0 Å². The number of ether oxygens (including phenoxy) is 2. The van der Waals surface area contributed by atoms with Crippen LogP contribution < -0.4 is 16.8 Å². The Morgan fingerprint density at radius 3 is 2.69 bits per heavy atom. The summed E-state index contributed by atoms with van der Waals surface area (Å²) in [7, 11) is 1.65. The van der Waals surface area contributed by atoms with Crippen LogP contribution in [0.3, 0.4) is 0 Å². The summed E-state index contributed by atoms with van der Waals surface area (Å²) in [6.07, 6.45) is 1.66. The molecule has 2 atom stereocenters. The van der Waals surface area contributed by atoms with Crippen LogP contribution in [0.2, 0.25) is 0 Å². The zero-order valence-electron chi connectivity index (χ0n) is 18.3. The molecule has 1 heterocycles. The summed E-state index contributed by atoms with van der Waals surface area (Å²) in [5.74, 6) is -0.670. The normalized spacial score (nSPS) is 13.1. The molecule has 0 aliphatic heterocycles. The van der Waals surface area contributed by atoms with Crippen LogP contribution in [-0.4, -0.2) is 37.8 Å². The van der Waals surface area contributed by atoms with Crippen molar-refractivity contribution in [3.05, 3.63) is 71.2 Å². The molecule has 0 radical (unpaired) electrons. The van der Waals surface area contributed by atoms with Gasteiger partial charge in [-0.05, 0) is 23.8 Å². The van der Waals surface area contributed by atoms with Gasteiger partial charge in [0.2, 0.25) is 0 Å². The third-order valence-electron chi connectivity index (χ3n) is 5.16. The van der Waals surface area contributed by atoms with E-state index in [4.69, 9.17) is 20.9 Å². The van der Waals surface area contributed by atoms with E-state index in [2.05, 4.69) is 10.3 Å². The summed E-state index contributed by atoms with van der Waals surface area (Å²) < 4.78 is 24.9.